The van der Waals surface area contributed by atoms with Gasteiger partial charge in [0.1, 0.15) is 0 Å². The van der Waals surface area contributed by atoms with Gasteiger partial charge in [0.05, 0.1) is 0 Å². The first-order chi connectivity index (χ1) is 18.1. The zero-order valence-corrected chi connectivity index (χ0v) is 23.7. The van der Waals surface area contributed by atoms with Crippen LogP contribution in [0, 0.1) is 0 Å². The third-order valence-corrected chi connectivity index (χ3v) is 7.34. The summed E-state index contributed by atoms with van der Waals surface area (Å²) in [4.78, 5) is 0. The fourth-order valence-electron chi connectivity index (χ4n) is 5.86. The van der Waals surface area contributed by atoms with Crippen molar-refractivity contribution in [1.29, 1.82) is 0 Å². The van der Waals surface area contributed by atoms with E-state index in [1.807, 2.05) is 41.5 Å². The second-order valence-corrected chi connectivity index (χ2v) is 9.44. The molecule has 0 N–H and O–H groups in total. The van der Waals surface area contributed by atoms with Crippen LogP contribution in [0.5, 0.6) is 0 Å². The van der Waals surface area contributed by atoms with E-state index in [1.54, 1.807) is 0 Å². The Labute approximate surface area is 223 Å². The Morgan fingerprint density at radius 2 is 0.865 bits per heavy atom. The van der Waals surface area contributed by atoms with Crippen molar-refractivity contribution in [2.75, 3.05) is 0 Å². The minimum absolute atomic E-state index is 0.0352. The van der Waals surface area contributed by atoms with Gasteiger partial charge >= 0.3 is 0 Å². The number of fused-ring (bicyclic) bond motifs is 9. The monoisotopic (exact) mass is 484 g/mol. The Morgan fingerprint density at radius 3 is 1.41 bits per heavy atom. The van der Waals surface area contributed by atoms with E-state index in [0.717, 1.165) is 0 Å². The molecule has 0 aromatic heterocycles. The van der Waals surface area contributed by atoms with Gasteiger partial charge < -0.3 is 0 Å². The maximum absolute atomic E-state index is 2.40. The van der Waals surface area contributed by atoms with Crippen LogP contribution in [0.25, 0.3) is 54.2 Å². The lowest BCUT2D eigenvalue weighted by Crippen LogP contribution is -2.15. The van der Waals surface area contributed by atoms with E-state index in [9.17, 15) is 0 Å². The fourth-order valence-corrected chi connectivity index (χ4v) is 5.86. The molecule has 188 valence electrons. The molecule has 1 aliphatic rings. The normalized spacial score (nSPS) is 12.5. The molecular formula is C37H40. The van der Waals surface area contributed by atoms with Gasteiger partial charge in [0.25, 0.3) is 0 Å². The van der Waals surface area contributed by atoms with Crippen LogP contribution in [0.3, 0.4) is 0 Å². The molecule has 0 nitrogen and oxygen atoms in total. The molecule has 0 heteroatoms. The van der Waals surface area contributed by atoms with Gasteiger partial charge in [-0.2, -0.15) is 0 Å². The summed E-state index contributed by atoms with van der Waals surface area (Å²) in [5.74, 6) is 0. The van der Waals surface area contributed by atoms with Crippen LogP contribution < -0.4 is 0 Å². The summed E-state index contributed by atoms with van der Waals surface area (Å²) >= 11 is 0. The first kappa shape index (κ1) is 26.4. The topological polar surface area (TPSA) is 0 Å². The molecule has 0 aliphatic heterocycles. The predicted molar refractivity (Wildman–Crippen MR) is 168 cm³/mol. The molecule has 0 radical (unpaired) electrons. The van der Waals surface area contributed by atoms with Crippen LogP contribution in [0.1, 0.15) is 66.5 Å². The van der Waals surface area contributed by atoms with Gasteiger partial charge in [-0.05, 0) is 89.6 Å². The molecule has 6 aromatic rings. The van der Waals surface area contributed by atoms with Crippen LogP contribution in [0.4, 0.5) is 0 Å². The van der Waals surface area contributed by atoms with Crippen LogP contribution >= 0.6 is 0 Å². The lowest BCUT2D eigenvalue weighted by molar-refractivity contribution is 0.667. The van der Waals surface area contributed by atoms with Crippen molar-refractivity contribution < 1.29 is 0 Å². The van der Waals surface area contributed by atoms with Crippen molar-refractivity contribution >= 4 is 43.1 Å². The molecule has 0 atom stereocenters. The Balaban J connectivity index is 0.000000500. The van der Waals surface area contributed by atoms with Crippen molar-refractivity contribution in [1.82, 2.24) is 0 Å². The average Bonchev–Trinajstić information content (AvgIpc) is 3.21. The lowest BCUT2D eigenvalue weighted by atomic mass is 9.79. The molecule has 0 spiro atoms. The summed E-state index contributed by atoms with van der Waals surface area (Å²) in [6, 6.07) is 36.2. The van der Waals surface area contributed by atoms with E-state index in [1.165, 1.54) is 65.3 Å². The Hall–Kier alpha value is -3.64. The third kappa shape index (κ3) is 4.19. The minimum Gasteiger partial charge on any atom is -0.0683 e. The second-order valence-electron chi connectivity index (χ2n) is 9.44. The van der Waals surface area contributed by atoms with Gasteiger partial charge in [0.15, 0.2) is 0 Å². The molecule has 0 fully saturated rings. The molecule has 0 unspecified atom stereocenters. The second kappa shape index (κ2) is 10.8. The average molecular weight is 485 g/mol. The highest BCUT2D eigenvalue weighted by molar-refractivity contribution is 6.11. The molecule has 6 aromatic carbocycles. The highest BCUT2D eigenvalue weighted by Crippen LogP contribution is 2.54. The third-order valence-electron chi connectivity index (χ3n) is 7.34. The molecule has 0 saturated heterocycles. The summed E-state index contributed by atoms with van der Waals surface area (Å²) in [7, 11) is 0. The van der Waals surface area contributed by atoms with Gasteiger partial charge in [-0.25, -0.2) is 0 Å². The standard InChI is InChI=1S/C31H22.3C2H6/c1-31(2)28-14-12-23-15-19-7-3-5-9-21(19)17-26(23)29(28)25-13-11-24-16-20-8-4-6-10-22(20)18-27(24)30(25)31;3*1-2/h3-18H,1-2H3;3*1-2H3. The summed E-state index contributed by atoms with van der Waals surface area (Å²) in [6.07, 6.45) is 0. The molecule has 0 heterocycles. The largest absolute Gasteiger partial charge is 0.0683 e. The first-order valence-corrected chi connectivity index (χ1v) is 14.0. The predicted octanol–water partition coefficient (Wildman–Crippen LogP) is 11.7. The van der Waals surface area contributed by atoms with Crippen molar-refractivity contribution in [3.63, 3.8) is 0 Å². The molecule has 0 bridgehead atoms. The van der Waals surface area contributed by atoms with E-state index >= 15 is 0 Å². The lowest BCUT2D eigenvalue weighted by Gasteiger charge is -2.23. The molecule has 37 heavy (non-hydrogen) atoms. The Bertz CT molecular complexity index is 1700. The van der Waals surface area contributed by atoms with Gasteiger partial charge in [-0.1, -0.05) is 128 Å². The number of rotatable bonds is 0. The maximum Gasteiger partial charge on any atom is 0.0165 e. The quantitative estimate of drug-likeness (QED) is 0.188. The Morgan fingerprint density at radius 1 is 0.432 bits per heavy atom. The van der Waals surface area contributed by atoms with Gasteiger partial charge in [-0.15, -0.1) is 0 Å². The van der Waals surface area contributed by atoms with Crippen LogP contribution in [0.2, 0.25) is 0 Å². The molecule has 1 aliphatic carbocycles. The van der Waals surface area contributed by atoms with Crippen molar-refractivity contribution in [3.05, 3.63) is 108 Å². The summed E-state index contributed by atoms with van der Waals surface area (Å²) < 4.78 is 0. The highest BCUT2D eigenvalue weighted by atomic mass is 14.4. The van der Waals surface area contributed by atoms with E-state index in [4.69, 9.17) is 0 Å². The molecule has 7 rings (SSSR count). The van der Waals surface area contributed by atoms with Crippen LogP contribution in [0.15, 0.2) is 97.1 Å². The molecular weight excluding hydrogens is 444 g/mol. The van der Waals surface area contributed by atoms with Crippen molar-refractivity contribution in [2.45, 2.75) is 60.8 Å². The summed E-state index contributed by atoms with van der Waals surface area (Å²) in [5.41, 5.74) is 5.67. The smallest absolute Gasteiger partial charge is 0.0165 e. The van der Waals surface area contributed by atoms with Crippen LogP contribution in [-0.4, -0.2) is 0 Å². The maximum atomic E-state index is 2.40. The van der Waals surface area contributed by atoms with E-state index in [0.29, 0.717) is 0 Å². The fraction of sp³-hybridized carbons (Fsp3) is 0.243. The van der Waals surface area contributed by atoms with E-state index in [2.05, 4.69) is 111 Å². The number of hydrogen-bond donors (Lipinski definition) is 0. The summed E-state index contributed by atoms with van der Waals surface area (Å²) in [6.45, 7) is 16.8. The first-order valence-electron chi connectivity index (χ1n) is 14.0. The van der Waals surface area contributed by atoms with Gasteiger partial charge in [0, 0.05) is 5.41 Å². The van der Waals surface area contributed by atoms with Crippen molar-refractivity contribution in [3.8, 4) is 11.1 Å². The Kier molecular flexibility index (Phi) is 7.69. The summed E-state index contributed by atoms with van der Waals surface area (Å²) in [5, 5.41) is 10.6. The number of benzene rings is 6. The number of hydrogen-bond acceptors (Lipinski definition) is 0. The molecule has 0 amide bonds. The van der Waals surface area contributed by atoms with Crippen LogP contribution in [-0.2, 0) is 5.41 Å². The highest BCUT2D eigenvalue weighted by Gasteiger charge is 2.37. The zero-order valence-electron chi connectivity index (χ0n) is 23.7. The van der Waals surface area contributed by atoms with E-state index in [-0.39, 0.29) is 5.41 Å². The van der Waals surface area contributed by atoms with E-state index < -0.39 is 0 Å². The van der Waals surface area contributed by atoms with Gasteiger partial charge in [0.2, 0.25) is 0 Å². The SMILES string of the molecule is CC.CC.CC.CC1(C)c2ccc3cc4ccccc4cc3c2-c2ccc3cc4ccccc4cc3c21. The van der Waals surface area contributed by atoms with Crippen molar-refractivity contribution in [2.24, 2.45) is 0 Å². The zero-order chi connectivity index (χ0) is 26.7. The van der Waals surface area contributed by atoms with Gasteiger partial charge in [-0.3, -0.25) is 0 Å². The molecule has 0 saturated carbocycles. The minimum atomic E-state index is -0.0352.